The van der Waals surface area contributed by atoms with Crippen LogP contribution in [-0.4, -0.2) is 15.1 Å². The lowest BCUT2D eigenvalue weighted by atomic mass is 10.2. The Bertz CT molecular complexity index is 722. The van der Waals surface area contributed by atoms with Crippen LogP contribution >= 0.6 is 11.3 Å². The molecule has 3 rings (SSSR count). The number of pyridine rings is 1. The molecule has 20 heavy (non-hydrogen) atoms. The zero-order chi connectivity index (χ0) is 14.2. The van der Waals surface area contributed by atoms with Crippen molar-refractivity contribution in [2.45, 2.75) is 6.18 Å². The van der Waals surface area contributed by atoms with E-state index in [1.54, 1.807) is 6.07 Å². The average Bonchev–Trinajstić information content (AvgIpc) is 3.09. The van der Waals surface area contributed by atoms with Gasteiger partial charge in [-0.1, -0.05) is 11.2 Å². The molecule has 0 bridgehead atoms. The van der Waals surface area contributed by atoms with Crippen LogP contribution < -0.4 is 0 Å². The van der Waals surface area contributed by atoms with Gasteiger partial charge in [-0.05, 0) is 17.5 Å². The molecule has 0 atom stereocenters. The van der Waals surface area contributed by atoms with Gasteiger partial charge >= 0.3 is 6.18 Å². The highest BCUT2D eigenvalue weighted by Crippen LogP contribution is 2.31. The third kappa shape index (κ3) is 2.42. The van der Waals surface area contributed by atoms with Crippen molar-refractivity contribution in [1.29, 1.82) is 0 Å². The van der Waals surface area contributed by atoms with Crippen LogP contribution in [-0.2, 0) is 6.18 Å². The molecule has 8 heteroatoms. The van der Waals surface area contributed by atoms with Gasteiger partial charge in [0.1, 0.15) is 0 Å². The average molecular weight is 297 g/mol. The van der Waals surface area contributed by atoms with Crippen LogP contribution in [0.5, 0.6) is 0 Å². The van der Waals surface area contributed by atoms with Gasteiger partial charge in [0.2, 0.25) is 5.82 Å². The Labute approximate surface area is 114 Å². The lowest BCUT2D eigenvalue weighted by molar-refractivity contribution is -0.137. The molecule has 3 aromatic rings. The molecule has 0 N–H and O–H groups in total. The Kier molecular flexibility index (Phi) is 3.01. The monoisotopic (exact) mass is 297 g/mol. The third-order valence-corrected chi connectivity index (χ3v) is 3.35. The quantitative estimate of drug-likeness (QED) is 0.720. The highest BCUT2D eigenvalue weighted by molar-refractivity contribution is 7.13. The lowest BCUT2D eigenvalue weighted by Gasteiger charge is -2.05. The van der Waals surface area contributed by atoms with Crippen LogP contribution in [0.4, 0.5) is 13.2 Å². The number of nitrogens with zero attached hydrogens (tertiary/aromatic N) is 3. The molecule has 0 spiro atoms. The minimum atomic E-state index is -4.46. The van der Waals surface area contributed by atoms with E-state index in [0.717, 1.165) is 17.1 Å². The molecule has 0 aromatic carbocycles. The highest BCUT2D eigenvalue weighted by atomic mass is 32.1. The van der Waals surface area contributed by atoms with E-state index in [1.165, 1.54) is 17.5 Å². The molecule has 0 saturated carbocycles. The van der Waals surface area contributed by atoms with Crippen molar-refractivity contribution < 1.29 is 17.7 Å². The second-order valence-electron chi connectivity index (χ2n) is 3.86. The predicted molar refractivity (Wildman–Crippen MR) is 65.8 cm³/mol. The van der Waals surface area contributed by atoms with Crippen LogP contribution in [0, 0.1) is 0 Å². The first-order chi connectivity index (χ1) is 9.54. The van der Waals surface area contributed by atoms with Gasteiger partial charge in [0.15, 0.2) is 0 Å². The molecule has 3 heterocycles. The molecule has 0 saturated heterocycles. The summed E-state index contributed by atoms with van der Waals surface area (Å²) in [6, 6.07) is 4.55. The van der Waals surface area contributed by atoms with E-state index in [0.29, 0.717) is 5.82 Å². The van der Waals surface area contributed by atoms with Crippen LogP contribution in [0.25, 0.3) is 22.2 Å². The summed E-state index contributed by atoms with van der Waals surface area (Å²) in [5, 5.41) is 5.59. The molecular weight excluding hydrogens is 291 g/mol. The van der Waals surface area contributed by atoms with Gasteiger partial charge in [0, 0.05) is 12.4 Å². The molecule has 0 unspecified atom stereocenters. The van der Waals surface area contributed by atoms with Crippen molar-refractivity contribution in [3.05, 3.63) is 41.5 Å². The number of halogens is 3. The molecule has 0 fully saturated rings. The summed E-state index contributed by atoms with van der Waals surface area (Å²) in [5.74, 6) is 0.347. The molecule has 102 valence electrons. The van der Waals surface area contributed by atoms with Gasteiger partial charge in [-0.25, -0.2) is 0 Å². The standard InChI is InChI=1S/C12H6F3N3OS/c13-12(14,15)8-4-7(5-16-6-8)11-17-10(18-19-11)9-2-1-3-20-9/h1-6H. The normalized spacial score (nSPS) is 11.8. The topological polar surface area (TPSA) is 51.8 Å². The van der Waals surface area contributed by atoms with Gasteiger partial charge < -0.3 is 4.52 Å². The maximum absolute atomic E-state index is 12.6. The van der Waals surface area contributed by atoms with Crippen LogP contribution in [0.15, 0.2) is 40.5 Å². The fraction of sp³-hybridized carbons (Fsp3) is 0.0833. The Morgan fingerprint density at radius 2 is 2.05 bits per heavy atom. The third-order valence-electron chi connectivity index (χ3n) is 2.48. The molecule has 0 aliphatic rings. The van der Waals surface area contributed by atoms with Crippen molar-refractivity contribution in [3.8, 4) is 22.2 Å². The zero-order valence-electron chi connectivity index (χ0n) is 9.76. The molecule has 0 radical (unpaired) electrons. The number of rotatable bonds is 2. The molecule has 0 amide bonds. The molecule has 0 aliphatic heterocycles. The van der Waals surface area contributed by atoms with E-state index < -0.39 is 11.7 Å². The first kappa shape index (κ1) is 12.8. The van der Waals surface area contributed by atoms with Gasteiger partial charge in [-0.15, -0.1) is 11.3 Å². The van der Waals surface area contributed by atoms with Crippen molar-refractivity contribution in [2.75, 3.05) is 0 Å². The second-order valence-corrected chi connectivity index (χ2v) is 4.81. The van der Waals surface area contributed by atoms with Gasteiger partial charge in [0.05, 0.1) is 16.0 Å². The fourth-order valence-corrected chi connectivity index (χ4v) is 2.21. The van der Waals surface area contributed by atoms with Gasteiger partial charge in [-0.3, -0.25) is 4.98 Å². The van der Waals surface area contributed by atoms with Crippen molar-refractivity contribution in [3.63, 3.8) is 0 Å². The summed E-state index contributed by atoms with van der Waals surface area (Å²) >= 11 is 1.41. The maximum atomic E-state index is 12.6. The summed E-state index contributed by atoms with van der Waals surface area (Å²) in [7, 11) is 0. The van der Waals surface area contributed by atoms with E-state index in [1.807, 2.05) is 11.4 Å². The molecule has 0 aliphatic carbocycles. The summed E-state index contributed by atoms with van der Waals surface area (Å²) in [6.45, 7) is 0. The first-order valence-corrected chi connectivity index (χ1v) is 6.32. The van der Waals surface area contributed by atoms with Crippen LogP contribution in [0.2, 0.25) is 0 Å². The zero-order valence-corrected chi connectivity index (χ0v) is 10.6. The van der Waals surface area contributed by atoms with Crippen molar-refractivity contribution in [2.24, 2.45) is 0 Å². The summed E-state index contributed by atoms with van der Waals surface area (Å²) in [6.07, 6.45) is -2.46. The molecular formula is C12H6F3N3OS. The summed E-state index contributed by atoms with van der Waals surface area (Å²) in [5.41, 5.74) is -0.721. The van der Waals surface area contributed by atoms with Gasteiger partial charge in [-0.2, -0.15) is 18.2 Å². The summed E-state index contributed by atoms with van der Waals surface area (Å²) in [4.78, 5) is 8.40. The minimum Gasteiger partial charge on any atom is -0.334 e. The Hall–Kier alpha value is -2.22. The number of aromatic nitrogens is 3. The van der Waals surface area contributed by atoms with E-state index in [-0.39, 0.29) is 11.5 Å². The second kappa shape index (κ2) is 4.71. The molecule has 4 nitrogen and oxygen atoms in total. The van der Waals surface area contributed by atoms with E-state index in [9.17, 15) is 13.2 Å². The predicted octanol–water partition coefficient (Wildman–Crippen LogP) is 3.88. The number of hydrogen-bond acceptors (Lipinski definition) is 5. The van der Waals surface area contributed by atoms with E-state index in [4.69, 9.17) is 4.52 Å². The number of thiophene rings is 1. The van der Waals surface area contributed by atoms with Crippen molar-refractivity contribution >= 4 is 11.3 Å². The highest BCUT2D eigenvalue weighted by Gasteiger charge is 2.31. The Morgan fingerprint density at radius 3 is 2.75 bits per heavy atom. The smallest absolute Gasteiger partial charge is 0.334 e. The van der Waals surface area contributed by atoms with E-state index >= 15 is 0 Å². The van der Waals surface area contributed by atoms with Gasteiger partial charge in [0.25, 0.3) is 5.89 Å². The lowest BCUT2D eigenvalue weighted by Crippen LogP contribution is -2.05. The number of alkyl halides is 3. The van der Waals surface area contributed by atoms with Crippen molar-refractivity contribution in [1.82, 2.24) is 15.1 Å². The molecule has 3 aromatic heterocycles. The minimum absolute atomic E-state index is 0.00648. The summed E-state index contributed by atoms with van der Waals surface area (Å²) < 4.78 is 42.8. The van der Waals surface area contributed by atoms with E-state index in [2.05, 4.69) is 15.1 Å². The largest absolute Gasteiger partial charge is 0.417 e. The Balaban J connectivity index is 1.98. The number of hydrogen-bond donors (Lipinski definition) is 0. The fourth-order valence-electron chi connectivity index (χ4n) is 1.56. The maximum Gasteiger partial charge on any atom is 0.417 e. The first-order valence-electron chi connectivity index (χ1n) is 5.44. The van der Waals surface area contributed by atoms with Crippen LogP contribution in [0.1, 0.15) is 5.56 Å². The van der Waals surface area contributed by atoms with Crippen LogP contribution in [0.3, 0.4) is 0 Å². The Morgan fingerprint density at radius 1 is 1.20 bits per heavy atom. The SMILES string of the molecule is FC(F)(F)c1cncc(-c2nc(-c3cccs3)no2)c1.